The summed E-state index contributed by atoms with van der Waals surface area (Å²) in [6.45, 7) is 3.73. The van der Waals surface area contributed by atoms with Gasteiger partial charge in [-0.25, -0.2) is 0 Å². The van der Waals surface area contributed by atoms with Gasteiger partial charge in [-0.05, 0) is 50.2 Å². The van der Waals surface area contributed by atoms with Gasteiger partial charge in [0.05, 0.1) is 5.92 Å². The van der Waals surface area contributed by atoms with Crippen molar-refractivity contribution >= 4 is 22.7 Å². The van der Waals surface area contributed by atoms with E-state index in [-0.39, 0.29) is 29.7 Å². The fourth-order valence-electron chi connectivity index (χ4n) is 5.11. The summed E-state index contributed by atoms with van der Waals surface area (Å²) in [6, 6.07) is 8.87. The Morgan fingerprint density at radius 1 is 1.15 bits per heavy atom. The highest BCUT2D eigenvalue weighted by atomic mass is 16.5. The number of rotatable bonds is 10. The summed E-state index contributed by atoms with van der Waals surface area (Å²) in [5.74, 6) is 0.506. The van der Waals surface area contributed by atoms with Gasteiger partial charge in [-0.2, -0.15) is 0 Å². The molecule has 2 atom stereocenters. The molecule has 3 aliphatic rings. The average Bonchev–Trinajstić information content (AvgIpc) is 3.75. The predicted molar refractivity (Wildman–Crippen MR) is 128 cm³/mol. The fraction of sp³-hybridized carbons (Fsp3) is 0.615. The van der Waals surface area contributed by atoms with E-state index in [0.29, 0.717) is 19.1 Å². The molecule has 33 heavy (non-hydrogen) atoms. The zero-order valence-electron chi connectivity index (χ0n) is 19.6. The van der Waals surface area contributed by atoms with Gasteiger partial charge in [-0.1, -0.05) is 18.2 Å². The second kappa shape index (κ2) is 9.85. The van der Waals surface area contributed by atoms with Crippen LogP contribution < -0.4 is 10.6 Å². The van der Waals surface area contributed by atoms with E-state index in [2.05, 4.69) is 50.6 Å². The van der Waals surface area contributed by atoms with Crippen molar-refractivity contribution in [2.75, 3.05) is 26.8 Å². The van der Waals surface area contributed by atoms with Gasteiger partial charge in [0.15, 0.2) is 0 Å². The molecule has 2 heterocycles. The van der Waals surface area contributed by atoms with Gasteiger partial charge in [0.25, 0.3) is 0 Å². The molecule has 2 saturated carbocycles. The number of ether oxygens (including phenoxy) is 1. The summed E-state index contributed by atoms with van der Waals surface area (Å²) in [6.07, 6.45) is 8.08. The molecule has 5 rings (SSSR count). The first-order chi connectivity index (χ1) is 16.1. The number of nitrogens with one attached hydrogen (secondary N) is 2. The van der Waals surface area contributed by atoms with Gasteiger partial charge in [0.2, 0.25) is 11.8 Å². The van der Waals surface area contributed by atoms with Crippen LogP contribution in [0.5, 0.6) is 0 Å². The Kier molecular flexibility index (Phi) is 6.69. The summed E-state index contributed by atoms with van der Waals surface area (Å²) >= 11 is 0. The molecule has 2 amide bonds. The minimum Gasteiger partial charge on any atom is -0.385 e. The third kappa shape index (κ3) is 5.25. The molecular formula is C26H36N4O3. The van der Waals surface area contributed by atoms with Crippen LogP contribution in [0.3, 0.4) is 0 Å². The van der Waals surface area contributed by atoms with Crippen LogP contribution in [0.4, 0.5) is 0 Å². The van der Waals surface area contributed by atoms with Crippen molar-refractivity contribution in [1.29, 1.82) is 0 Å². The summed E-state index contributed by atoms with van der Waals surface area (Å²) in [5, 5.41) is 7.78. The maximum Gasteiger partial charge on any atom is 0.227 e. The van der Waals surface area contributed by atoms with Crippen LogP contribution in [-0.2, 0) is 27.4 Å². The monoisotopic (exact) mass is 452 g/mol. The second-order valence-corrected chi connectivity index (χ2v) is 9.98. The molecule has 2 aliphatic carbocycles. The molecule has 2 aromatic rings. The van der Waals surface area contributed by atoms with Crippen LogP contribution in [0, 0.1) is 11.8 Å². The van der Waals surface area contributed by atoms with Crippen molar-refractivity contribution in [2.24, 2.45) is 11.8 Å². The molecule has 1 saturated heterocycles. The first kappa shape index (κ1) is 22.4. The van der Waals surface area contributed by atoms with Gasteiger partial charge in [0.1, 0.15) is 0 Å². The second-order valence-electron chi connectivity index (χ2n) is 9.98. The number of methoxy groups -OCH3 is 1. The highest BCUT2D eigenvalue weighted by Crippen LogP contribution is 2.33. The van der Waals surface area contributed by atoms with Crippen molar-refractivity contribution in [3.8, 4) is 0 Å². The third-order valence-corrected chi connectivity index (χ3v) is 7.22. The molecule has 1 aromatic carbocycles. The van der Waals surface area contributed by atoms with Crippen LogP contribution >= 0.6 is 0 Å². The number of carbonyl (C=O) groups excluding carboxylic acids is 2. The quantitative estimate of drug-likeness (QED) is 0.544. The molecule has 7 heteroatoms. The molecule has 1 aromatic heterocycles. The molecule has 1 aliphatic heterocycles. The third-order valence-electron chi connectivity index (χ3n) is 7.22. The smallest absolute Gasteiger partial charge is 0.227 e. The molecular weight excluding hydrogens is 416 g/mol. The van der Waals surface area contributed by atoms with Crippen molar-refractivity contribution in [2.45, 2.75) is 63.7 Å². The van der Waals surface area contributed by atoms with Crippen LogP contribution in [0.1, 0.15) is 44.1 Å². The van der Waals surface area contributed by atoms with Gasteiger partial charge >= 0.3 is 0 Å². The summed E-state index contributed by atoms with van der Waals surface area (Å²) in [4.78, 5) is 28.0. The number of hydrogen-bond acceptors (Lipinski definition) is 4. The Morgan fingerprint density at radius 2 is 1.97 bits per heavy atom. The van der Waals surface area contributed by atoms with Crippen LogP contribution in [0.15, 0.2) is 30.5 Å². The molecule has 178 valence electrons. The number of piperidine rings is 1. The van der Waals surface area contributed by atoms with E-state index in [1.54, 1.807) is 7.11 Å². The van der Waals surface area contributed by atoms with Crippen molar-refractivity contribution < 1.29 is 14.3 Å². The SMILES string of the molecule is COCCCn1cc(CN(C(=O)C2CNCC(NC(=O)C3CC3)C2)C2CC2)c2ccccc21. The highest BCUT2D eigenvalue weighted by Gasteiger charge is 2.39. The predicted octanol–water partition coefficient (Wildman–Crippen LogP) is 2.67. The molecule has 0 bridgehead atoms. The lowest BCUT2D eigenvalue weighted by molar-refractivity contribution is -0.138. The zero-order valence-corrected chi connectivity index (χ0v) is 19.6. The number of fused-ring (bicyclic) bond motifs is 1. The number of amides is 2. The number of hydrogen-bond donors (Lipinski definition) is 2. The Hall–Kier alpha value is -2.38. The van der Waals surface area contributed by atoms with Crippen LogP contribution in [0.2, 0.25) is 0 Å². The van der Waals surface area contributed by atoms with E-state index in [1.807, 2.05) is 0 Å². The molecule has 0 radical (unpaired) electrons. The van der Waals surface area contributed by atoms with Crippen molar-refractivity contribution in [1.82, 2.24) is 20.1 Å². The normalized spacial score (nSPS) is 22.9. The lowest BCUT2D eigenvalue weighted by Crippen LogP contribution is -2.53. The van der Waals surface area contributed by atoms with E-state index < -0.39 is 0 Å². The van der Waals surface area contributed by atoms with Gasteiger partial charge in [-0.15, -0.1) is 0 Å². The van der Waals surface area contributed by atoms with E-state index >= 15 is 0 Å². The molecule has 3 fully saturated rings. The van der Waals surface area contributed by atoms with E-state index in [9.17, 15) is 9.59 Å². The van der Waals surface area contributed by atoms with E-state index in [0.717, 1.165) is 58.2 Å². The number of para-hydroxylation sites is 1. The minimum absolute atomic E-state index is 0.0459. The molecule has 2 N–H and O–H groups in total. The van der Waals surface area contributed by atoms with E-state index in [4.69, 9.17) is 4.74 Å². The van der Waals surface area contributed by atoms with Gasteiger partial charge < -0.3 is 24.8 Å². The average molecular weight is 453 g/mol. The van der Waals surface area contributed by atoms with Crippen LogP contribution in [-0.4, -0.2) is 60.2 Å². The lowest BCUT2D eigenvalue weighted by Gasteiger charge is -2.34. The number of nitrogens with zero attached hydrogens (tertiary/aromatic N) is 2. The number of aryl methyl sites for hydroxylation is 1. The largest absolute Gasteiger partial charge is 0.385 e. The van der Waals surface area contributed by atoms with Crippen molar-refractivity contribution in [3.63, 3.8) is 0 Å². The van der Waals surface area contributed by atoms with Gasteiger partial charge in [0, 0.05) is 75.0 Å². The molecule has 0 spiro atoms. The first-order valence-electron chi connectivity index (χ1n) is 12.5. The Balaban J connectivity index is 1.29. The number of carbonyl (C=O) groups is 2. The van der Waals surface area contributed by atoms with Crippen LogP contribution in [0.25, 0.3) is 10.9 Å². The Labute approximate surface area is 195 Å². The summed E-state index contributed by atoms with van der Waals surface area (Å²) in [7, 11) is 1.74. The van der Waals surface area contributed by atoms with E-state index in [1.165, 1.54) is 16.5 Å². The first-order valence-corrected chi connectivity index (χ1v) is 12.5. The standard InChI is InChI=1S/C26H36N4O3/c1-33-12-4-11-29-16-20(23-5-2-3-6-24(23)29)17-30(22-9-10-22)26(32)19-13-21(15-27-14-19)28-25(31)18-7-8-18/h2-3,5-6,16,18-19,21-22,27H,4,7-15,17H2,1H3,(H,28,31). The number of aromatic nitrogens is 1. The topological polar surface area (TPSA) is 75.6 Å². The Morgan fingerprint density at radius 3 is 2.73 bits per heavy atom. The van der Waals surface area contributed by atoms with Crippen molar-refractivity contribution in [3.05, 3.63) is 36.0 Å². The summed E-state index contributed by atoms with van der Waals surface area (Å²) in [5.41, 5.74) is 2.43. The number of benzene rings is 1. The summed E-state index contributed by atoms with van der Waals surface area (Å²) < 4.78 is 7.53. The fourth-order valence-corrected chi connectivity index (χ4v) is 5.11. The minimum atomic E-state index is -0.0843. The zero-order chi connectivity index (χ0) is 22.8. The maximum absolute atomic E-state index is 13.7. The lowest BCUT2D eigenvalue weighted by atomic mass is 9.93. The molecule has 2 unspecified atom stereocenters. The van der Waals surface area contributed by atoms with Gasteiger partial charge in [-0.3, -0.25) is 9.59 Å². The maximum atomic E-state index is 13.7. The highest BCUT2D eigenvalue weighted by molar-refractivity contribution is 5.85. The Bertz CT molecular complexity index is 995. The molecule has 7 nitrogen and oxygen atoms in total.